The minimum Gasteiger partial charge on any atom is -0.497 e. The van der Waals surface area contributed by atoms with Crippen LogP contribution < -0.4 is 14.8 Å². The van der Waals surface area contributed by atoms with Gasteiger partial charge < -0.3 is 14.8 Å². The molecule has 1 aromatic carbocycles. The molecule has 0 spiro atoms. The molecule has 5 heteroatoms. The molecule has 1 N–H and O–H groups in total. The van der Waals surface area contributed by atoms with E-state index in [9.17, 15) is 0 Å². The number of ether oxygens (including phenoxy) is 2. The van der Waals surface area contributed by atoms with Crippen LogP contribution in [0.15, 0.2) is 29.8 Å². The standard InChI is InChI=1S/C14H18N2O2S/c1-17-12-4-3-11(13(9-12)18-2)10-15-6-5-14-16-7-8-19-14/h3-4,7-9,15H,5-6,10H2,1-2H3. The topological polar surface area (TPSA) is 43.4 Å². The van der Waals surface area contributed by atoms with Gasteiger partial charge in [-0.05, 0) is 6.07 Å². The van der Waals surface area contributed by atoms with Gasteiger partial charge in [0.15, 0.2) is 0 Å². The molecule has 0 aliphatic heterocycles. The number of hydrogen-bond acceptors (Lipinski definition) is 5. The minimum absolute atomic E-state index is 0.776. The van der Waals surface area contributed by atoms with Gasteiger partial charge in [0.25, 0.3) is 0 Å². The molecule has 4 nitrogen and oxygen atoms in total. The van der Waals surface area contributed by atoms with Crippen LogP contribution in [0, 0.1) is 0 Å². The van der Waals surface area contributed by atoms with E-state index in [1.807, 2.05) is 29.8 Å². The van der Waals surface area contributed by atoms with Crippen LogP contribution in [0.5, 0.6) is 11.5 Å². The normalized spacial score (nSPS) is 10.4. The Morgan fingerprint density at radius 3 is 2.84 bits per heavy atom. The molecule has 0 bridgehead atoms. The number of thiazole rings is 1. The molecule has 2 aromatic rings. The van der Waals surface area contributed by atoms with E-state index in [0.29, 0.717) is 0 Å². The molecule has 0 aliphatic carbocycles. The van der Waals surface area contributed by atoms with Gasteiger partial charge in [-0.3, -0.25) is 0 Å². The highest BCUT2D eigenvalue weighted by molar-refractivity contribution is 7.09. The average molecular weight is 278 g/mol. The summed E-state index contributed by atoms with van der Waals surface area (Å²) in [6, 6.07) is 5.87. The van der Waals surface area contributed by atoms with Gasteiger partial charge in [-0.2, -0.15) is 0 Å². The fourth-order valence-electron chi connectivity index (χ4n) is 1.79. The van der Waals surface area contributed by atoms with Crippen molar-refractivity contribution in [3.05, 3.63) is 40.3 Å². The summed E-state index contributed by atoms with van der Waals surface area (Å²) in [5, 5.41) is 6.56. The van der Waals surface area contributed by atoms with Crippen molar-refractivity contribution in [2.24, 2.45) is 0 Å². The van der Waals surface area contributed by atoms with Crippen LogP contribution in [0.2, 0.25) is 0 Å². The number of rotatable bonds is 7. The second kappa shape index (κ2) is 7.11. The predicted molar refractivity (Wildman–Crippen MR) is 77.1 cm³/mol. The third-order valence-corrected chi connectivity index (χ3v) is 3.65. The molecule has 1 aromatic heterocycles. The highest BCUT2D eigenvalue weighted by Gasteiger charge is 2.04. The summed E-state index contributed by atoms with van der Waals surface area (Å²) in [6.45, 7) is 1.68. The number of hydrogen-bond donors (Lipinski definition) is 1. The zero-order chi connectivity index (χ0) is 13.5. The van der Waals surface area contributed by atoms with Crippen molar-refractivity contribution in [2.45, 2.75) is 13.0 Å². The van der Waals surface area contributed by atoms with E-state index in [-0.39, 0.29) is 0 Å². The molecule has 0 saturated carbocycles. The summed E-state index contributed by atoms with van der Waals surface area (Å²) in [6.07, 6.45) is 2.79. The van der Waals surface area contributed by atoms with Gasteiger partial charge in [0.1, 0.15) is 11.5 Å². The molecule has 0 aliphatic rings. The first-order valence-electron chi connectivity index (χ1n) is 6.13. The molecule has 0 unspecified atom stereocenters. The number of aromatic nitrogens is 1. The molecule has 102 valence electrons. The van der Waals surface area contributed by atoms with Gasteiger partial charge in [-0.1, -0.05) is 6.07 Å². The first-order valence-corrected chi connectivity index (χ1v) is 7.01. The maximum atomic E-state index is 5.36. The van der Waals surface area contributed by atoms with Crippen LogP contribution in [-0.4, -0.2) is 25.7 Å². The molecular weight excluding hydrogens is 260 g/mol. The van der Waals surface area contributed by atoms with Gasteiger partial charge in [0, 0.05) is 42.7 Å². The first-order chi connectivity index (χ1) is 9.33. The van der Waals surface area contributed by atoms with E-state index in [2.05, 4.69) is 10.3 Å². The van der Waals surface area contributed by atoms with E-state index in [1.165, 1.54) is 0 Å². The van der Waals surface area contributed by atoms with Gasteiger partial charge in [0.2, 0.25) is 0 Å². The number of nitrogens with zero attached hydrogens (tertiary/aromatic N) is 1. The van der Waals surface area contributed by atoms with Crippen LogP contribution in [0.1, 0.15) is 10.6 Å². The SMILES string of the molecule is COc1ccc(CNCCc2nccs2)c(OC)c1. The Kier molecular flexibility index (Phi) is 5.18. The molecule has 0 radical (unpaired) electrons. The van der Waals surface area contributed by atoms with Gasteiger partial charge in [0.05, 0.1) is 19.2 Å². The summed E-state index contributed by atoms with van der Waals surface area (Å²) >= 11 is 1.69. The largest absolute Gasteiger partial charge is 0.497 e. The third-order valence-electron chi connectivity index (χ3n) is 2.81. The van der Waals surface area contributed by atoms with Gasteiger partial charge >= 0.3 is 0 Å². The van der Waals surface area contributed by atoms with E-state index in [4.69, 9.17) is 9.47 Å². The van der Waals surface area contributed by atoms with Crippen LogP contribution >= 0.6 is 11.3 Å². The lowest BCUT2D eigenvalue weighted by Crippen LogP contribution is -2.17. The zero-order valence-electron chi connectivity index (χ0n) is 11.2. The molecule has 0 atom stereocenters. The van der Waals surface area contributed by atoms with Crippen molar-refractivity contribution in [2.75, 3.05) is 20.8 Å². The van der Waals surface area contributed by atoms with Crippen molar-refractivity contribution in [1.82, 2.24) is 10.3 Å². The summed E-state index contributed by atoms with van der Waals surface area (Å²) < 4.78 is 10.5. The zero-order valence-corrected chi connectivity index (χ0v) is 12.0. The number of nitrogens with one attached hydrogen (secondary N) is 1. The van der Waals surface area contributed by atoms with Crippen molar-refractivity contribution >= 4 is 11.3 Å². The Balaban J connectivity index is 1.85. The molecular formula is C14H18N2O2S. The van der Waals surface area contributed by atoms with Crippen molar-refractivity contribution < 1.29 is 9.47 Å². The fourth-order valence-corrected chi connectivity index (χ4v) is 2.41. The van der Waals surface area contributed by atoms with E-state index in [0.717, 1.165) is 41.6 Å². The van der Waals surface area contributed by atoms with Gasteiger partial charge in [-0.15, -0.1) is 11.3 Å². The van der Waals surface area contributed by atoms with E-state index >= 15 is 0 Å². The average Bonchev–Trinajstić information content (AvgIpc) is 2.96. The Hall–Kier alpha value is -1.59. The number of benzene rings is 1. The molecule has 0 amide bonds. The second-order valence-corrected chi connectivity index (χ2v) is 5.01. The Labute approximate surface area is 117 Å². The highest BCUT2D eigenvalue weighted by Crippen LogP contribution is 2.24. The Morgan fingerprint density at radius 1 is 1.26 bits per heavy atom. The van der Waals surface area contributed by atoms with Crippen molar-refractivity contribution in [1.29, 1.82) is 0 Å². The predicted octanol–water partition coefficient (Wildman–Crippen LogP) is 2.49. The molecule has 2 rings (SSSR count). The van der Waals surface area contributed by atoms with E-state index in [1.54, 1.807) is 25.6 Å². The summed E-state index contributed by atoms with van der Waals surface area (Å²) in [4.78, 5) is 4.25. The summed E-state index contributed by atoms with van der Waals surface area (Å²) in [7, 11) is 3.33. The lowest BCUT2D eigenvalue weighted by Gasteiger charge is -2.11. The smallest absolute Gasteiger partial charge is 0.127 e. The van der Waals surface area contributed by atoms with Crippen molar-refractivity contribution in [3.63, 3.8) is 0 Å². The fraction of sp³-hybridized carbons (Fsp3) is 0.357. The van der Waals surface area contributed by atoms with Crippen LogP contribution in [0.25, 0.3) is 0 Å². The maximum absolute atomic E-state index is 5.36. The van der Waals surface area contributed by atoms with E-state index < -0.39 is 0 Å². The molecule has 19 heavy (non-hydrogen) atoms. The molecule has 1 heterocycles. The lowest BCUT2D eigenvalue weighted by atomic mass is 10.2. The minimum atomic E-state index is 0.776. The van der Waals surface area contributed by atoms with Crippen LogP contribution in [0.3, 0.4) is 0 Å². The quantitative estimate of drug-likeness (QED) is 0.790. The lowest BCUT2D eigenvalue weighted by molar-refractivity contribution is 0.390. The summed E-state index contributed by atoms with van der Waals surface area (Å²) in [5.74, 6) is 1.66. The Bertz CT molecular complexity index is 500. The van der Waals surface area contributed by atoms with Crippen LogP contribution in [0.4, 0.5) is 0 Å². The Morgan fingerprint density at radius 2 is 2.16 bits per heavy atom. The van der Waals surface area contributed by atoms with Gasteiger partial charge in [-0.25, -0.2) is 4.98 Å². The second-order valence-electron chi connectivity index (χ2n) is 4.03. The highest BCUT2D eigenvalue weighted by atomic mass is 32.1. The number of methoxy groups -OCH3 is 2. The summed E-state index contributed by atoms with van der Waals surface area (Å²) in [5.41, 5.74) is 1.13. The van der Waals surface area contributed by atoms with Crippen LogP contribution in [-0.2, 0) is 13.0 Å². The monoisotopic (exact) mass is 278 g/mol. The first kappa shape index (κ1) is 13.8. The maximum Gasteiger partial charge on any atom is 0.127 e. The molecule has 0 fully saturated rings. The third kappa shape index (κ3) is 3.94. The van der Waals surface area contributed by atoms with Crippen molar-refractivity contribution in [3.8, 4) is 11.5 Å². The molecule has 0 saturated heterocycles.